The fourth-order valence-corrected chi connectivity index (χ4v) is 1.42. The number of hydrogen-bond acceptors (Lipinski definition) is 2. The molecule has 1 rings (SSSR count). The van der Waals surface area contributed by atoms with Gasteiger partial charge in [0.25, 0.3) is 0 Å². The first kappa shape index (κ1) is 10.2. The number of likely N-dealkylation sites (N-methyl/N-ethyl adjacent to an activating group) is 1. The molecular weight excluding hydrogens is 162 g/mol. The molecule has 0 saturated carbocycles. The minimum absolute atomic E-state index is 0.131. The lowest BCUT2D eigenvalue weighted by Crippen LogP contribution is -2.29. The molecule has 0 aliphatic carbocycles. The maximum Gasteiger partial charge on any atom is 0.0971 e. The molecule has 0 radical (unpaired) electrons. The first-order valence-corrected chi connectivity index (χ1v) is 4.54. The van der Waals surface area contributed by atoms with Crippen molar-refractivity contribution < 1.29 is 4.74 Å². The number of ether oxygens (including phenoxy) is 1. The van der Waals surface area contributed by atoms with Gasteiger partial charge in [0.1, 0.15) is 0 Å². The van der Waals surface area contributed by atoms with Crippen LogP contribution in [0.2, 0.25) is 0 Å². The zero-order valence-corrected chi connectivity index (χ0v) is 8.45. The van der Waals surface area contributed by atoms with Crippen LogP contribution >= 0.6 is 0 Å². The molecule has 0 fully saturated rings. The van der Waals surface area contributed by atoms with E-state index < -0.39 is 0 Å². The molecule has 72 valence electrons. The van der Waals surface area contributed by atoms with Crippen molar-refractivity contribution in [2.75, 3.05) is 14.2 Å². The highest BCUT2D eigenvalue weighted by molar-refractivity contribution is 5.18. The fraction of sp³-hybridized carbons (Fsp3) is 0.455. The van der Waals surface area contributed by atoms with Gasteiger partial charge in [-0.05, 0) is 19.5 Å². The summed E-state index contributed by atoms with van der Waals surface area (Å²) in [6.45, 7) is 2.11. The summed E-state index contributed by atoms with van der Waals surface area (Å²) in [5.41, 5.74) is 1.21. The summed E-state index contributed by atoms with van der Waals surface area (Å²) >= 11 is 0. The third-order valence-corrected chi connectivity index (χ3v) is 2.29. The predicted molar refractivity (Wildman–Crippen MR) is 54.7 cm³/mol. The Morgan fingerprint density at radius 1 is 1.23 bits per heavy atom. The van der Waals surface area contributed by atoms with Crippen LogP contribution in [-0.4, -0.2) is 20.2 Å². The maximum atomic E-state index is 5.43. The van der Waals surface area contributed by atoms with Crippen LogP contribution in [0.15, 0.2) is 30.3 Å². The molecule has 1 aromatic carbocycles. The molecule has 2 nitrogen and oxygen atoms in total. The zero-order chi connectivity index (χ0) is 9.68. The van der Waals surface area contributed by atoms with E-state index in [1.54, 1.807) is 7.11 Å². The largest absolute Gasteiger partial charge is 0.375 e. The van der Waals surface area contributed by atoms with Crippen molar-refractivity contribution >= 4 is 0 Å². The van der Waals surface area contributed by atoms with E-state index in [-0.39, 0.29) is 6.10 Å². The second kappa shape index (κ2) is 5.00. The van der Waals surface area contributed by atoms with Crippen molar-refractivity contribution in [3.63, 3.8) is 0 Å². The van der Waals surface area contributed by atoms with Gasteiger partial charge in [-0.1, -0.05) is 30.3 Å². The van der Waals surface area contributed by atoms with Crippen molar-refractivity contribution in [2.24, 2.45) is 0 Å². The minimum Gasteiger partial charge on any atom is -0.375 e. The summed E-state index contributed by atoms with van der Waals surface area (Å²) in [6, 6.07) is 10.6. The van der Waals surface area contributed by atoms with Gasteiger partial charge in [0.15, 0.2) is 0 Å². The van der Waals surface area contributed by atoms with Gasteiger partial charge < -0.3 is 10.1 Å². The van der Waals surface area contributed by atoms with E-state index in [9.17, 15) is 0 Å². The molecule has 0 spiro atoms. The van der Waals surface area contributed by atoms with Crippen molar-refractivity contribution in [2.45, 2.75) is 19.1 Å². The molecule has 2 atom stereocenters. The second-order valence-electron chi connectivity index (χ2n) is 3.14. The Kier molecular flexibility index (Phi) is 3.93. The van der Waals surface area contributed by atoms with Gasteiger partial charge in [-0.3, -0.25) is 0 Å². The first-order chi connectivity index (χ1) is 6.29. The topological polar surface area (TPSA) is 21.3 Å². The predicted octanol–water partition coefficient (Wildman–Crippen LogP) is 1.98. The molecule has 0 bridgehead atoms. The highest BCUT2D eigenvalue weighted by atomic mass is 16.5. The molecule has 0 unspecified atom stereocenters. The molecule has 0 aromatic heterocycles. The van der Waals surface area contributed by atoms with Crippen LogP contribution < -0.4 is 5.32 Å². The van der Waals surface area contributed by atoms with Crippen LogP contribution in [0.1, 0.15) is 18.6 Å². The molecule has 2 heteroatoms. The lowest BCUT2D eigenvalue weighted by molar-refractivity contribution is 0.0761. The van der Waals surface area contributed by atoms with E-state index >= 15 is 0 Å². The van der Waals surface area contributed by atoms with Gasteiger partial charge in [-0.15, -0.1) is 0 Å². The lowest BCUT2D eigenvalue weighted by atomic mass is 10.0. The van der Waals surface area contributed by atoms with E-state index in [1.165, 1.54) is 5.56 Å². The summed E-state index contributed by atoms with van der Waals surface area (Å²) < 4.78 is 5.43. The third kappa shape index (κ3) is 2.54. The van der Waals surface area contributed by atoms with Crippen molar-refractivity contribution in [1.29, 1.82) is 0 Å². The summed E-state index contributed by atoms with van der Waals surface area (Å²) in [4.78, 5) is 0. The monoisotopic (exact) mass is 179 g/mol. The normalized spacial score (nSPS) is 15.3. The summed E-state index contributed by atoms with van der Waals surface area (Å²) in [7, 11) is 3.69. The Hall–Kier alpha value is -0.860. The summed E-state index contributed by atoms with van der Waals surface area (Å²) in [5.74, 6) is 0. The standard InChI is InChI=1S/C11H17NO/c1-9(12-2)11(13-3)10-7-5-4-6-8-10/h4-9,11-12H,1-3H3/t9-,11+/m1/s1. The van der Waals surface area contributed by atoms with Crippen LogP contribution in [0.5, 0.6) is 0 Å². The maximum absolute atomic E-state index is 5.43. The number of benzene rings is 1. The molecule has 1 N–H and O–H groups in total. The SMILES string of the molecule is CN[C@H](C)[C@H](OC)c1ccccc1. The number of rotatable bonds is 4. The number of nitrogens with one attached hydrogen (secondary N) is 1. The minimum atomic E-state index is 0.131. The number of hydrogen-bond donors (Lipinski definition) is 1. The van der Waals surface area contributed by atoms with Gasteiger partial charge >= 0.3 is 0 Å². The Balaban J connectivity index is 2.78. The first-order valence-electron chi connectivity index (χ1n) is 4.54. The molecule has 0 aliphatic rings. The van der Waals surface area contributed by atoms with Gasteiger partial charge in [-0.2, -0.15) is 0 Å². The summed E-state index contributed by atoms with van der Waals surface area (Å²) in [6.07, 6.45) is 0.131. The van der Waals surface area contributed by atoms with E-state index in [4.69, 9.17) is 4.74 Å². The molecule has 1 aromatic rings. The Morgan fingerprint density at radius 3 is 2.31 bits per heavy atom. The Labute approximate surface area is 79.9 Å². The smallest absolute Gasteiger partial charge is 0.0971 e. The van der Waals surface area contributed by atoms with Gasteiger partial charge in [0.05, 0.1) is 6.10 Å². The molecular formula is C11H17NO. The average Bonchev–Trinajstić information content (AvgIpc) is 2.20. The Morgan fingerprint density at radius 2 is 1.85 bits per heavy atom. The van der Waals surface area contributed by atoms with Crippen LogP contribution in [0, 0.1) is 0 Å². The van der Waals surface area contributed by atoms with E-state index in [2.05, 4.69) is 24.4 Å². The fourth-order valence-electron chi connectivity index (χ4n) is 1.42. The molecule has 0 aliphatic heterocycles. The van der Waals surface area contributed by atoms with Crippen molar-refractivity contribution in [3.8, 4) is 0 Å². The van der Waals surface area contributed by atoms with E-state index in [0.717, 1.165) is 0 Å². The average molecular weight is 179 g/mol. The van der Waals surface area contributed by atoms with Crippen molar-refractivity contribution in [1.82, 2.24) is 5.32 Å². The third-order valence-electron chi connectivity index (χ3n) is 2.29. The molecule has 13 heavy (non-hydrogen) atoms. The van der Waals surface area contributed by atoms with Gasteiger partial charge in [0.2, 0.25) is 0 Å². The Bertz CT molecular complexity index is 235. The molecule has 0 heterocycles. The molecule has 0 amide bonds. The quantitative estimate of drug-likeness (QED) is 0.763. The summed E-state index contributed by atoms with van der Waals surface area (Å²) in [5, 5.41) is 3.19. The van der Waals surface area contributed by atoms with Crippen LogP contribution in [0.4, 0.5) is 0 Å². The highest BCUT2D eigenvalue weighted by Gasteiger charge is 2.16. The zero-order valence-electron chi connectivity index (χ0n) is 8.45. The van der Waals surface area contributed by atoms with Crippen LogP contribution in [-0.2, 0) is 4.74 Å². The number of methoxy groups -OCH3 is 1. The second-order valence-corrected chi connectivity index (χ2v) is 3.14. The van der Waals surface area contributed by atoms with Gasteiger partial charge in [0, 0.05) is 13.2 Å². The van der Waals surface area contributed by atoms with Crippen LogP contribution in [0.3, 0.4) is 0 Å². The lowest BCUT2D eigenvalue weighted by Gasteiger charge is -2.22. The highest BCUT2D eigenvalue weighted by Crippen LogP contribution is 2.19. The van der Waals surface area contributed by atoms with Gasteiger partial charge in [-0.25, -0.2) is 0 Å². The molecule has 0 saturated heterocycles. The van der Waals surface area contributed by atoms with E-state index in [1.807, 2.05) is 25.2 Å². The van der Waals surface area contributed by atoms with Crippen molar-refractivity contribution in [3.05, 3.63) is 35.9 Å². The van der Waals surface area contributed by atoms with E-state index in [0.29, 0.717) is 6.04 Å². The van der Waals surface area contributed by atoms with Crippen LogP contribution in [0.25, 0.3) is 0 Å².